The fraction of sp³-hybridized carbons (Fsp3) is 1.00. The molecule has 0 bridgehead atoms. The average molecular weight is 1520 g/mol. The van der Waals surface area contributed by atoms with Gasteiger partial charge in [-0.2, -0.15) is 0 Å². The highest BCUT2D eigenvalue weighted by atomic mass is 16.8. The number of aliphatic hydroxyl groups is 6. The highest BCUT2D eigenvalue weighted by Crippen LogP contribution is 2.61. The van der Waals surface area contributed by atoms with Crippen molar-refractivity contribution in [2.45, 2.75) is 589 Å². The van der Waals surface area contributed by atoms with Crippen LogP contribution in [0.4, 0.5) is 0 Å². The number of aliphatic hydroxyl groups excluding tert-OH is 5. The van der Waals surface area contributed by atoms with Gasteiger partial charge in [0.1, 0.15) is 41.2 Å². The first-order chi connectivity index (χ1) is 52.5. The van der Waals surface area contributed by atoms with Crippen LogP contribution in [-0.2, 0) is 23.7 Å². The molecular weight excluding hydrogens is 1330 g/mol. The molecule has 0 aromatic rings. The highest BCUT2D eigenvalue weighted by Gasteiger charge is 2.77. The van der Waals surface area contributed by atoms with Crippen LogP contribution >= 0.6 is 0 Å². The molecule has 11 heteroatoms. The second kappa shape index (κ2) is 69.8. The van der Waals surface area contributed by atoms with Crippen molar-refractivity contribution in [3.63, 3.8) is 0 Å². The summed E-state index contributed by atoms with van der Waals surface area (Å²) in [5, 5.41) is 78.5. The summed E-state index contributed by atoms with van der Waals surface area (Å²) in [4.78, 5) is 0. The maximum Gasteiger partial charge on any atom is 0.201 e. The van der Waals surface area contributed by atoms with Gasteiger partial charge in [-0.05, 0) is 44.9 Å². The van der Waals surface area contributed by atoms with Gasteiger partial charge in [0.2, 0.25) is 5.79 Å². The lowest BCUT2D eigenvalue weighted by molar-refractivity contribution is -0.489. The third-order valence-electron chi connectivity index (χ3n) is 25.6. The molecule has 2 fully saturated rings. The van der Waals surface area contributed by atoms with Gasteiger partial charge in [-0.25, -0.2) is 0 Å². The molecule has 0 saturated carbocycles. The fourth-order valence-electron chi connectivity index (χ4n) is 18.7. The van der Waals surface area contributed by atoms with Crippen molar-refractivity contribution in [3.8, 4) is 0 Å². The molecule has 2 saturated heterocycles. The van der Waals surface area contributed by atoms with Crippen molar-refractivity contribution in [1.29, 1.82) is 0 Å². The SMILES string of the molecule is CCCCCCCCCCCCO[C@@]1(CCCCCCCCCCCC)[C@@](CCCCCCCCCCCC)(O[C@]2(CCCCCCCCCCCC)[C@@H](CO)O[C@@H](O)[C@H](O)[C@]2(O)CCCCCCCCCCCC)O[C@H](CO)[C@@H](O)[C@]1(CCCCCCCCCCCC)OCCCCCCCCCCCC. The van der Waals surface area contributed by atoms with Crippen LogP contribution in [0.5, 0.6) is 0 Å². The van der Waals surface area contributed by atoms with E-state index in [1.54, 1.807) is 0 Å². The van der Waals surface area contributed by atoms with Crippen molar-refractivity contribution >= 4 is 0 Å². The first kappa shape index (κ1) is 103. The summed E-state index contributed by atoms with van der Waals surface area (Å²) >= 11 is 0. The Hall–Kier alpha value is -0.440. The molecule has 0 aromatic heterocycles. The van der Waals surface area contributed by atoms with E-state index in [-0.39, 0.29) is 12.8 Å². The Morgan fingerprint density at radius 1 is 0.262 bits per heavy atom. The minimum Gasteiger partial charge on any atom is -0.394 e. The monoisotopic (exact) mass is 1520 g/mol. The molecule has 0 radical (unpaired) electrons. The largest absolute Gasteiger partial charge is 0.394 e. The Balaban J connectivity index is 3.27. The summed E-state index contributed by atoms with van der Waals surface area (Å²) in [7, 11) is 0. The lowest BCUT2D eigenvalue weighted by Gasteiger charge is -2.68. The van der Waals surface area contributed by atoms with Crippen molar-refractivity contribution in [3.05, 3.63) is 0 Å². The zero-order valence-corrected chi connectivity index (χ0v) is 73.0. The minimum absolute atomic E-state index is 0.115. The Morgan fingerprint density at radius 2 is 0.514 bits per heavy atom. The molecule has 0 aromatic carbocycles. The van der Waals surface area contributed by atoms with Crippen LogP contribution in [0, 0.1) is 0 Å². The molecule has 2 aliphatic heterocycles. The maximum atomic E-state index is 14.6. The van der Waals surface area contributed by atoms with Gasteiger partial charge in [0.25, 0.3) is 0 Å². The van der Waals surface area contributed by atoms with Gasteiger partial charge in [-0.3, -0.25) is 0 Å². The molecular formula is C96H190O11. The van der Waals surface area contributed by atoms with Gasteiger partial charge in [0.05, 0.1) is 13.2 Å². The number of unbranched alkanes of at least 4 members (excludes halogenated alkanes) is 63. The fourth-order valence-corrected chi connectivity index (χ4v) is 18.7. The van der Waals surface area contributed by atoms with Gasteiger partial charge in [-0.1, -0.05) is 479 Å². The van der Waals surface area contributed by atoms with Crippen LogP contribution in [0.3, 0.4) is 0 Å². The Kier molecular flexibility index (Phi) is 67.0. The summed E-state index contributed by atoms with van der Waals surface area (Å²) < 4.78 is 39.6. The molecule has 11 nitrogen and oxygen atoms in total. The molecule has 6 N–H and O–H groups in total. The van der Waals surface area contributed by atoms with E-state index in [1.807, 2.05) is 0 Å². The second-order valence-corrected chi connectivity index (χ2v) is 35.0. The zero-order valence-electron chi connectivity index (χ0n) is 73.0. The third kappa shape index (κ3) is 41.8. The smallest absolute Gasteiger partial charge is 0.201 e. The molecule has 0 spiro atoms. The van der Waals surface area contributed by atoms with Crippen molar-refractivity contribution in [2.75, 3.05) is 26.4 Å². The molecule has 2 rings (SSSR count). The minimum atomic E-state index is -2.13. The zero-order chi connectivity index (χ0) is 77.8. The number of hydrogen-bond donors (Lipinski definition) is 6. The van der Waals surface area contributed by atoms with E-state index in [2.05, 4.69) is 48.5 Å². The first-order valence-corrected chi connectivity index (χ1v) is 48.8. The molecule has 0 aliphatic carbocycles. The molecule has 0 amide bonds. The lowest BCUT2D eigenvalue weighted by Crippen LogP contribution is -2.85. The van der Waals surface area contributed by atoms with Gasteiger partial charge in [0, 0.05) is 19.6 Å². The van der Waals surface area contributed by atoms with Crippen molar-refractivity contribution in [1.82, 2.24) is 0 Å². The van der Waals surface area contributed by atoms with Crippen molar-refractivity contribution in [2.24, 2.45) is 0 Å². The van der Waals surface area contributed by atoms with E-state index in [0.29, 0.717) is 51.7 Å². The van der Waals surface area contributed by atoms with Gasteiger partial charge in [-0.15, -0.1) is 0 Å². The number of rotatable bonds is 83. The molecule has 10 atom stereocenters. The van der Waals surface area contributed by atoms with E-state index < -0.39 is 72.1 Å². The molecule has 2 heterocycles. The predicted octanol–water partition coefficient (Wildman–Crippen LogP) is 27.9. The number of ether oxygens (including phenoxy) is 5. The third-order valence-corrected chi connectivity index (χ3v) is 25.6. The van der Waals surface area contributed by atoms with Crippen molar-refractivity contribution < 1.29 is 54.3 Å². The van der Waals surface area contributed by atoms with E-state index in [0.717, 1.165) is 148 Å². The Bertz CT molecular complexity index is 1860. The van der Waals surface area contributed by atoms with Crippen LogP contribution in [0.1, 0.15) is 530 Å². The maximum absolute atomic E-state index is 14.6. The van der Waals surface area contributed by atoms with Crippen LogP contribution in [0.25, 0.3) is 0 Å². The van der Waals surface area contributed by atoms with E-state index in [4.69, 9.17) is 23.7 Å². The van der Waals surface area contributed by atoms with E-state index in [1.165, 1.54) is 283 Å². The van der Waals surface area contributed by atoms with Gasteiger partial charge < -0.3 is 54.3 Å². The van der Waals surface area contributed by atoms with Crippen LogP contribution in [0.15, 0.2) is 0 Å². The summed E-state index contributed by atoms with van der Waals surface area (Å²) in [6.45, 7) is 15.7. The molecule has 640 valence electrons. The second-order valence-electron chi connectivity index (χ2n) is 35.0. The molecule has 0 unspecified atom stereocenters. The van der Waals surface area contributed by atoms with E-state index in [9.17, 15) is 30.6 Å². The standard InChI is InChI=1S/C96H190O11/c1-8-15-22-29-36-43-50-57-64-71-78-92(102)90(100)91(101)105-88(86-98)93(92,79-72-65-58-51-44-37-30-23-16-9-2)107-96(82-75-68-61-54-47-40-33-26-19-12-5)95(81-74-67-60-53-46-39-32-25-18-11-4,104-84-77-70-63-56-49-42-35-28-21-14-7)94(89(99)87(85-97)106-96,80-73-66-59-52-45-38-31-24-17-10-3)103-83-76-69-62-55-48-41-34-27-20-13-6/h87-91,97-102H,8-86H2,1-7H3/t87-,88-,89-,90+,91-,92-,93-,94+,95-,96-/m1/s1. The normalized spacial score (nSPS) is 24.0. The first-order valence-electron chi connectivity index (χ1n) is 48.8. The quantitative estimate of drug-likeness (QED) is 0.0321. The summed E-state index contributed by atoms with van der Waals surface area (Å²) in [6.07, 6.45) is 73.9. The Morgan fingerprint density at radius 3 is 0.813 bits per heavy atom. The lowest BCUT2D eigenvalue weighted by atomic mass is 9.61. The van der Waals surface area contributed by atoms with E-state index >= 15 is 0 Å². The topological polar surface area (TPSA) is 168 Å². The summed E-state index contributed by atoms with van der Waals surface area (Å²) in [6, 6.07) is 0. The Labute approximate surface area is 666 Å². The number of hydrogen-bond acceptors (Lipinski definition) is 11. The molecule has 107 heavy (non-hydrogen) atoms. The van der Waals surface area contributed by atoms with Gasteiger partial charge >= 0.3 is 0 Å². The summed E-state index contributed by atoms with van der Waals surface area (Å²) in [5.41, 5.74) is -6.97. The predicted molar refractivity (Wildman–Crippen MR) is 457 cm³/mol. The van der Waals surface area contributed by atoms with Gasteiger partial charge in [0.15, 0.2) is 11.9 Å². The highest BCUT2D eigenvalue weighted by molar-refractivity contribution is 5.22. The van der Waals surface area contributed by atoms with Crippen LogP contribution in [-0.4, -0.2) is 116 Å². The van der Waals surface area contributed by atoms with Crippen LogP contribution in [0.2, 0.25) is 0 Å². The summed E-state index contributed by atoms with van der Waals surface area (Å²) in [5.74, 6) is -1.82. The van der Waals surface area contributed by atoms with Crippen LogP contribution < -0.4 is 0 Å². The molecule has 2 aliphatic rings. The average Bonchev–Trinajstić information content (AvgIpc) is 0.681.